The maximum atomic E-state index is 12.6. The zero-order valence-corrected chi connectivity index (χ0v) is 15.0. The van der Waals surface area contributed by atoms with Crippen LogP contribution in [-0.2, 0) is 19.4 Å². The normalized spacial score (nSPS) is 24.3. The number of amides is 2. The van der Waals surface area contributed by atoms with E-state index in [0.29, 0.717) is 6.54 Å². The summed E-state index contributed by atoms with van der Waals surface area (Å²) in [5.74, 6) is 2.90. The van der Waals surface area contributed by atoms with E-state index in [4.69, 9.17) is 4.42 Å². The van der Waals surface area contributed by atoms with Crippen molar-refractivity contribution >= 4 is 6.03 Å². The molecule has 25 heavy (non-hydrogen) atoms. The number of hydrogen-bond donors (Lipinski definition) is 2. The number of aryl methyl sites for hydroxylation is 2. The number of nitrogens with zero attached hydrogens (tertiary/aromatic N) is 3. The van der Waals surface area contributed by atoms with Gasteiger partial charge in [-0.1, -0.05) is 13.8 Å². The van der Waals surface area contributed by atoms with Crippen LogP contribution in [0.4, 0.5) is 4.79 Å². The molecule has 2 aromatic heterocycles. The summed E-state index contributed by atoms with van der Waals surface area (Å²) < 4.78 is 7.71. The molecular weight excluding hydrogens is 318 g/mol. The summed E-state index contributed by atoms with van der Waals surface area (Å²) in [7, 11) is 0. The molecule has 1 aliphatic carbocycles. The van der Waals surface area contributed by atoms with Crippen LogP contribution in [-0.4, -0.2) is 26.8 Å². The van der Waals surface area contributed by atoms with Gasteiger partial charge in [0.15, 0.2) is 0 Å². The van der Waals surface area contributed by atoms with E-state index in [-0.39, 0.29) is 23.5 Å². The minimum absolute atomic E-state index is 0.0123. The number of hydrogen-bond acceptors (Lipinski definition) is 4. The molecule has 2 aliphatic rings. The van der Waals surface area contributed by atoms with Crippen molar-refractivity contribution in [3.05, 3.63) is 35.3 Å². The lowest BCUT2D eigenvalue weighted by atomic mass is 9.75. The zero-order valence-electron chi connectivity index (χ0n) is 15.0. The van der Waals surface area contributed by atoms with Crippen LogP contribution in [0.25, 0.3) is 0 Å². The Hall–Kier alpha value is -2.31. The lowest BCUT2D eigenvalue weighted by Crippen LogP contribution is -2.48. The molecule has 4 rings (SSSR count). The van der Waals surface area contributed by atoms with Crippen molar-refractivity contribution in [3.8, 4) is 0 Å². The topological polar surface area (TPSA) is 85.0 Å². The van der Waals surface area contributed by atoms with Crippen LogP contribution >= 0.6 is 0 Å². The molecule has 2 atom stereocenters. The first-order valence-electron chi connectivity index (χ1n) is 8.92. The van der Waals surface area contributed by atoms with Gasteiger partial charge in [-0.15, -0.1) is 0 Å². The highest BCUT2D eigenvalue weighted by Gasteiger charge is 2.36. The van der Waals surface area contributed by atoms with Crippen molar-refractivity contribution in [2.75, 3.05) is 0 Å². The van der Waals surface area contributed by atoms with Crippen molar-refractivity contribution < 1.29 is 9.21 Å². The average Bonchev–Trinajstić information content (AvgIpc) is 3.11. The lowest BCUT2D eigenvalue weighted by molar-refractivity contribution is 0.209. The van der Waals surface area contributed by atoms with Gasteiger partial charge in [-0.25, -0.2) is 14.5 Å². The fourth-order valence-electron chi connectivity index (χ4n) is 4.05. The number of fused-ring (bicyclic) bond motifs is 2. The Morgan fingerprint density at radius 2 is 2.24 bits per heavy atom. The van der Waals surface area contributed by atoms with Crippen LogP contribution < -0.4 is 10.6 Å². The van der Waals surface area contributed by atoms with Crippen LogP contribution in [0.3, 0.4) is 0 Å². The van der Waals surface area contributed by atoms with E-state index in [1.807, 2.05) is 11.6 Å². The van der Waals surface area contributed by atoms with Gasteiger partial charge in [0.25, 0.3) is 0 Å². The molecule has 0 bridgehead atoms. The monoisotopic (exact) mass is 343 g/mol. The van der Waals surface area contributed by atoms with E-state index in [9.17, 15) is 4.79 Å². The molecular formula is C18H25N5O2. The summed E-state index contributed by atoms with van der Waals surface area (Å²) in [4.78, 5) is 16.8. The molecule has 0 saturated heterocycles. The Morgan fingerprint density at radius 1 is 1.40 bits per heavy atom. The second-order valence-electron chi connectivity index (χ2n) is 8.05. The molecule has 134 valence electrons. The number of nitrogens with one attached hydrogen (secondary N) is 2. The summed E-state index contributed by atoms with van der Waals surface area (Å²) in [6, 6.07) is 2.00. The number of carbonyl (C=O) groups is 1. The van der Waals surface area contributed by atoms with Crippen LogP contribution in [0.2, 0.25) is 0 Å². The number of carbonyl (C=O) groups excluding carboxylic acids is 1. The third kappa shape index (κ3) is 3.27. The van der Waals surface area contributed by atoms with Crippen molar-refractivity contribution in [2.24, 2.45) is 5.41 Å². The van der Waals surface area contributed by atoms with E-state index >= 15 is 0 Å². The van der Waals surface area contributed by atoms with Crippen molar-refractivity contribution in [3.63, 3.8) is 0 Å². The molecule has 7 heteroatoms. The Kier molecular flexibility index (Phi) is 3.81. The SMILES string of the molecule is Cc1cc2c(o1)CC(C)(C)C[C@@H]2NC(=O)N[C@H]1CCc2ncnn2C1. The Bertz CT molecular complexity index is 791. The van der Waals surface area contributed by atoms with Gasteiger partial charge in [-0.2, -0.15) is 5.10 Å². The van der Waals surface area contributed by atoms with Gasteiger partial charge in [0, 0.05) is 18.4 Å². The van der Waals surface area contributed by atoms with Gasteiger partial charge in [-0.3, -0.25) is 0 Å². The molecule has 2 N–H and O–H groups in total. The molecule has 0 spiro atoms. The summed E-state index contributed by atoms with van der Waals surface area (Å²) in [6.45, 7) is 7.07. The minimum atomic E-state index is -0.124. The first-order valence-corrected chi connectivity index (χ1v) is 8.92. The van der Waals surface area contributed by atoms with E-state index in [1.54, 1.807) is 6.33 Å². The molecule has 7 nitrogen and oxygen atoms in total. The highest BCUT2D eigenvalue weighted by molar-refractivity contribution is 5.75. The Labute approximate surface area is 147 Å². The number of aromatic nitrogens is 3. The summed E-state index contributed by atoms with van der Waals surface area (Å²) in [5, 5.41) is 10.4. The second kappa shape index (κ2) is 5.89. The van der Waals surface area contributed by atoms with E-state index in [0.717, 1.165) is 48.6 Å². The van der Waals surface area contributed by atoms with Crippen LogP contribution in [0.15, 0.2) is 16.8 Å². The Balaban J connectivity index is 1.42. The summed E-state index contributed by atoms with van der Waals surface area (Å²) in [6.07, 6.45) is 5.12. The third-order valence-electron chi connectivity index (χ3n) is 5.18. The van der Waals surface area contributed by atoms with Gasteiger partial charge < -0.3 is 15.1 Å². The van der Waals surface area contributed by atoms with Crippen molar-refractivity contribution in [1.29, 1.82) is 0 Å². The van der Waals surface area contributed by atoms with Gasteiger partial charge in [0.1, 0.15) is 23.7 Å². The predicted molar refractivity (Wildman–Crippen MR) is 92.1 cm³/mol. The van der Waals surface area contributed by atoms with Gasteiger partial charge >= 0.3 is 6.03 Å². The molecule has 0 aromatic carbocycles. The molecule has 0 unspecified atom stereocenters. The molecule has 2 aromatic rings. The average molecular weight is 343 g/mol. The smallest absolute Gasteiger partial charge is 0.315 e. The first-order chi connectivity index (χ1) is 11.9. The van der Waals surface area contributed by atoms with Gasteiger partial charge in [-0.05, 0) is 31.2 Å². The number of urea groups is 1. The number of rotatable bonds is 2. The molecule has 0 fully saturated rings. The van der Waals surface area contributed by atoms with Crippen molar-refractivity contribution in [1.82, 2.24) is 25.4 Å². The summed E-state index contributed by atoms with van der Waals surface area (Å²) in [5.41, 5.74) is 1.23. The maximum absolute atomic E-state index is 12.6. The van der Waals surface area contributed by atoms with E-state index in [2.05, 4.69) is 40.6 Å². The Morgan fingerprint density at radius 3 is 3.08 bits per heavy atom. The third-order valence-corrected chi connectivity index (χ3v) is 5.18. The van der Waals surface area contributed by atoms with E-state index in [1.165, 1.54) is 0 Å². The van der Waals surface area contributed by atoms with Crippen LogP contribution in [0.1, 0.15) is 55.6 Å². The summed E-state index contributed by atoms with van der Waals surface area (Å²) >= 11 is 0. The molecule has 3 heterocycles. The minimum Gasteiger partial charge on any atom is -0.466 e. The van der Waals surface area contributed by atoms with Gasteiger partial charge in [0.05, 0.1) is 18.6 Å². The fourth-order valence-corrected chi connectivity index (χ4v) is 4.05. The largest absolute Gasteiger partial charge is 0.466 e. The standard InChI is InChI=1S/C18H25N5O2/c1-11-6-13-14(7-18(2,3)8-15(13)25-11)22-17(24)21-12-4-5-16-19-10-20-23(16)9-12/h6,10,12,14H,4-5,7-9H2,1-3H3,(H2,21,22,24)/t12-,14-/m0/s1. The van der Waals surface area contributed by atoms with Crippen molar-refractivity contribution in [2.45, 2.75) is 65.1 Å². The van der Waals surface area contributed by atoms with Crippen LogP contribution in [0.5, 0.6) is 0 Å². The molecule has 1 aliphatic heterocycles. The highest BCUT2D eigenvalue weighted by atomic mass is 16.3. The van der Waals surface area contributed by atoms with E-state index < -0.39 is 0 Å². The molecule has 2 amide bonds. The maximum Gasteiger partial charge on any atom is 0.315 e. The second-order valence-corrected chi connectivity index (χ2v) is 8.05. The first kappa shape index (κ1) is 16.2. The molecule has 0 saturated carbocycles. The van der Waals surface area contributed by atoms with Crippen LogP contribution in [0, 0.1) is 12.3 Å². The van der Waals surface area contributed by atoms with Gasteiger partial charge in [0.2, 0.25) is 0 Å². The molecule has 0 radical (unpaired) electrons. The zero-order chi connectivity index (χ0) is 17.6. The predicted octanol–water partition coefficient (Wildman–Crippen LogP) is 2.51. The lowest BCUT2D eigenvalue weighted by Gasteiger charge is -2.35. The fraction of sp³-hybridized carbons (Fsp3) is 0.611. The highest BCUT2D eigenvalue weighted by Crippen LogP contribution is 2.41. The number of furan rings is 1. The quantitative estimate of drug-likeness (QED) is 0.877.